The third-order valence-corrected chi connectivity index (χ3v) is 9.28. The van der Waals surface area contributed by atoms with E-state index in [-0.39, 0.29) is 25.3 Å². The van der Waals surface area contributed by atoms with Crippen LogP contribution in [0.4, 0.5) is 0 Å². The van der Waals surface area contributed by atoms with Crippen LogP contribution in [-0.4, -0.2) is 106 Å². The molecule has 0 unspecified atom stereocenters. The van der Waals surface area contributed by atoms with Gasteiger partial charge in [-0.05, 0) is 70.3 Å². The summed E-state index contributed by atoms with van der Waals surface area (Å²) >= 11 is 0. The van der Waals surface area contributed by atoms with Crippen LogP contribution < -0.4 is 27.4 Å². The van der Waals surface area contributed by atoms with E-state index in [0.29, 0.717) is 38.6 Å². The summed E-state index contributed by atoms with van der Waals surface area (Å²) in [5, 5.41) is 8.47. The number of nitrogens with zero attached hydrogens (tertiary/aromatic N) is 2. The molecule has 0 aromatic heterocycles. The second-order valence-electron chi connectivity index (χ2n) is 15.9. The van der Waals surface area contributed by atoms with E-state index in [0.717, 1.165) is 5.56 Å². The number of primary amides is 1. The van der Waals surface area contributed by atoms with Crippen LogP contribution in [0.3, 0.4) is 0 Å². The Kier molecular flexibility index (Phi) is 15.4. The first kappa shape index (κ1) is 42.9. The van der Waals surface area contributed by atoms with Crippen molar-refractivity contribution in [2.24, 2.45) is 23.3 Å². The summed E-state index contributed by atoms with van der Waals surface area (Å²) in [6, 6.07) is 2.96. The molecule has 6 amide bonds. The summed E-state index contributed by atoms with van der Waals surface area (Å²) in [5.74, 6) is -4.40. The monoisotopic (exact) mass is 741 g/mol. The number of rotatable bonds is 16. The van der Waals surface area contributed by atoms with Crippen LogP contribution in [-0.2, 0) is 44.7 Å². The lowest BCUT2D eigenvalue weighted by molar-refractivity contribution is -0.163. The Morgan fingerprint density at radius 1 is 0.811 bits per heavy atom. The van der Waals surface area contributed by atoms with Gasteiger partial charge in [-0.1, -0.05) is 58.0 Å². The largest absolute Gasteiger partial charge is 0.458 e. The lowest BCUT2D eigenvalue weighted by Crippen LogP contribution is -2.60. The fourth-order valence-electron chi connectivity index (χ4n) is 6.74. The maximum atomic E-state index is 14.0. The zero-order valence-corrected chi connectivity index (χ0v) is 32.2. The van der Waals surface area contributed by atoms with Gasteiger partial charge in [0.15, 0.2) is 0 Å². The van der Waals surface area contributed by atoms with Crippen LogP contribution in [0.2, 0.25) is 0 Å². The van der Waals surface area contributed by atoms with Gasteiger partial charge in [0.05, 0.1) is 12.5 Å². The Morgan fingerprint density at radius 3 is 1.94 bits per heavy atom. The van der Waals surface area contributed by atoms with E-state index in [1.165, 1.54) is 9.80 Å². The molecule has 0 aliphatic carbocycles. The molecule has 2 aliphatic heterocycles. The first-order chi connectivity index (χ1) is 24.8. The van der Waals surface area contributed by atoms with Crippen molar-refractivity contribution < 1.29 is 38.3 Å². The standard InChI is InChI=1S/C38H59N7O8/c1-22(2)19-27(36(51)45-18-12-16-29(45)37(52)53-38(5,6)7)42-34(49)31(23(3)4)43-32(47)26(20-24-13-9-8-10-14-24)41-33(48)28-15-11-17-44(28)35(50)25(39)21-30(40)46/h8-10,13-14,22-23,25-29,31H,11-12,15-21,39H2,1-7H3,(H2,40,46)(H,41,48)(H,42,49)(H,43,47)/t25-,26-,27-,28-,29-,31-/m0/s1. The first-order valence-electron chi connectivity index (χ1n) is 18.6. The molecular weight excluding hydrogens is 682 g/mol. The molecule has 2 heterocycles. The molecule has 2 aliphatic rings. The second kappa shape index (κ2) is 19.0. The fourth-order valence-corrected chi connectivity index (χ4v) is 6.74. The van der Waals surface area contributed by atoms with Gasteiger partial charge in [-0.15, -0.1) is 0 Å². The van der Waals surface area contributed by atoms with E-state index >= 15 is 0 Å². The molecular formula is C38H59N7O8. The predicted octanol–water partition coefficient (Wildman–Crippen LogP) is 0.912. The minimum atomic E-state index is -1.20. The van der Waals surface area contributed by atoms with Crippen molar-refractivity contribution in [3.8, 4) is 0 Å². The van der Waals surface area contributed by atoms with Gasteiger partial charge in [-0.3, -0.25) is 28.8 Å². The molecule has 15 heteroatoms. The van der Waals surface area contributed by atoms with Gasteiger partial charge in [0, 0.05) is 19.5 Å². The number of benzene rings is 1. The van der Waals surface area contributed by atoms with Crippen LogP contribution in [0.25, 0.3) is 0 Å². The van der Waals surface area contributed by atoms with Crippen molar-refractivity contribution in [3.05, 3.63) is 35.9 Å². The molecule has 1 aromatic carbocycles. The average molecular weight is 742 g/mol. The Labute approximate surface area is 312 Å². The summed E-state index contributed by atoms with van der Waals surface area (Å²) in [6.07, 6.45) is 1.93. The van der Waals surface area contributed by atoms with Crippen LogP contribution >= 0.6 is 0 Å². The van der Waals surface area contributed by atoms with Crippen LogP contribution in [0.5, 0.6) is 0 Å². The number of carbonyl (C=O) groups is 7. The smallest absolute Gasteiger partial charge is 0.329 e. The van der Waals surface area contributed by atoms with Gasteiger partial charge in [-0.2, -0.15) is 0 Å². The SMILES string of the molecule is CC(C)C[C@H](NC(=O)[C@@H](NC(=O)[C@H](Cc1ccccc1)NC(=O)[C@@H]1CCCN1C(=O)[C@@H](N)CC(N)=O)C(C)C)C(=O)N1CCC[C@H]1C(=O)OC(C)(C)C. The van der Waals surface area contributed by atoms with Gasteiger partial charge in [0.25, 0.3) is 0 Å². The summed E-state index contributed by atoms with van der Waals surface area (Å²) in [7, 11) is 0. The predicted molar refractivity (Wildman–Crippen MR) is 197 cm³/mol. The molecule has 2 saturated heterocycles. The normalized spacial score (nSPS) is 19.7. The maximum absolute atomic E-state index is 14.0. The molecule has 294 valence electrons. The van der Waals surface area contributed by atoms with Crippen molar-refractivity contribution in [2.75, 3.05) is 13.1 Å². The Hall–Kier alpha value is -4.53. The van der Waals surface area contributed by atoms with Gasteiger partial charge >= 0.3 is 5.97 Å². The van der Waals surface area contributed by atoms with E-state index < -0.39 is 89.2 Å². The number of nitrogens with one attached hydrogen (secondary N) is 3. The Morgan fingerprint density at radius 2 is 1.40 bits per heavy atom. The Balaban J connectivity index is 1.81. The summed E-state index contributed by atoms with van der Waals surface area (Å²) in [6.45, 7) is 13.2. The molecule has 2 fully saturated rings. The van der Waals surface area contributed by atoms with Crippen molar-refractivity contribution >= 4 is 41.4 Å². The molecule has 0 bridgehead atoms. The van der Waals surface area contributed by atoms with Gasteiger partial charge in [0.1, 0.15) is 35.8 Å². The third-order valence-electron chi connectivity index (χ3n) is 9.28. The van der Waals surface area contributed by atoms with Crippen LogP contribution in [0, 0.1) is 11.8 Å². The minimum absolute atomic E-state index is 0.0109. The summed E-state index contributed by atoms with van der Waals surface area (Å²) in [4.78, 5) is 95.8. The number of hydrogen-bond acceptors (Lipinski definition) is 9. The lowest BCUT2D eigenvalue weighted by Gasteiger charge is -2.32. The quantitative estimate of drug-likeness (QED) is 0.152. The van der Waals surface area contributed by atoms with E-state index in [1.54, 1.807) is 58.9 Å². The number of ether oxygens (including phenoxy) is 1. The van der Waals surface area contributed by atoms with E-state index in [1.807, 2.05) is 19.9 Å². The summed E-state index contributed by atoms with van der Waals surface area (Å²) < 4.78 is 5.58. The number of carbonyl (C=O) groups excluding carboxylic acids is 7. The van der Waals surface area contributed by atoms with Crippen molar-refractivity contribution in [1.82, 2.24) is 25.8 Å². The van der Waals surface area contributed by atoms with Crippen molar-refractivity contribution in [3.63, 3.8) is 0 Å². The highest BCUT2D eigenvalue weighted by Gasteiger charge is 2.42. The summed E-state index contributed by atoms with van der Waals surface area (Å²) in [5.41, 5.74) is 11.2. The topological polar surface area (TPSA) is 223 Å². The molecule has 0 saturated carbocycles. The number of amides is 6. The highest BCUT2D eigenvalue weighted by molar-refractivity contribution is 5.97. The number of esters is 1. The third kappa shape index (κ3) is 12.5. The molecule has 1 aromatic rings. The number of likely N-dealkylation sites (tertiary alicyclic amines) is 2. The van der Waals surface area contributed by atoms with E-state index in [9.17, 15) is 33.6 Å². The van der Waals surface area contributed by atoms with Crippen LogP contribution in [0.15, 0.2) is 30.3 Å². The minimum Gasteiger partial charge on any atom is -0.458 e. The zero-order chi connectivity index (χ0) is 39.6. The number of hydrogen-bond donors (Lipinski definition) is 5. The fraction of sp³-hybridized carbons (Fsp3) is 0.658. The van der Waals surface area contributed by atoms with E-state index in [4.69, 9.17) is 16.2 Å². The highest BCUT2D eigenvalue weighted by Crippen LogP contribution is 2.24. The maximum Gasteiger partial charge on any atom is 0.329 e. The first-order valence-corrected chi connectivity index (χ1v) is 18.6. The average Bonchev–Trinajstić information content (AvgIpc) is 3.76. The molecule has 7 N–H and O–H groups in total. The van der Waals surface area contributed by atoms with Crippen molar-refractivity contribution in [1.29, 1.82) is 0 Å². The van der Waals surface area contributed by atoms with Gasteiger partial charge in [0.2, 0.25) is 35.4 Å². The van der Waals surface area contributed by atoms with Gasteiger partial charge < -0.3 is 42.0 Å². The number of nitrogens with two attached hydrogens (primary N) is 2. The molecule has 15 nitrogen and oxygen atoms in total. The second-order valence-corrected chi connectivity index (χ2v) is 15.9. The van der Waals surface area contributed by atoms with E-state index in [2.05, 4.69) is 16.0 Å². The molecule has 6 atom stereocenters. The van der Waals surface area contributed by atoms with Crippen LogP contribution in [0.1, 0.15) is 92.6 Å². The molecule has 3 rings (SSSR count). The molecule has 53 heavy (non-hydrogen) atoms. The molecule has 0 spiro atoms. The Bertz CT molecular complexity index is 1480. The van der Waals surface area contributed by atoms with Gasteiger partial charge in [-0.25, -0.2) is 4.79 Å². The lowest BCUT2D eigenvalue weighted by atomic mass is 9.98. The highest BCUT2D eigenvalue weighted by atomic mass is 16.6. The molecule has 0 radical (unpaired) electrons. The van der Waals surface area contributed by atoms with Crippen molar-refractivity contribution in [2.45, 2.75) is 135 Å². The zero-order valence-electron chi connectivity index (χ0n) is 32.2.